The van der Waals surface area contributed by atoms with Crippen molar-refractivity contribution in [1.29, 1.82) is 0 Å². The van der Waals surface area contributed by atoms with Gasteiger partial charge in [0.2, 0.25) is 11.7 Å². The van der Waals surface area contributed by atoms with Crippen LogP contribution in [0.3, 0.4) is 0 Å². The summed E-state index contributed by atoms with van der Waals surface area (Å²) in [5, 5.41) is 3.81. The van der Waals surface area contributed by atoms with E-state index in [4.69, 9.17) is 9.26 Å². The Bertz CT molecular complexity index is 890. The lowest BCUT2D eigenvalue weighted by Crippen LogP contribution is -2.46. The summed E-state index contributed by atoms with van der Waals surface area (Å²) >= 11 is 0. The van der Waals surface area contributed by atoms with Crippen LogP contribution < -0.4 is 9.64 Å². The number of halogens is 1. The molecule has 146 valence electrons. The number of nitrogens with zero attached hydrogens (tertiary/aromatic N) is 5. The maximum atomic E-state index is 13.0. The molecule has 0 unspecified atom stereocenters. The van der Waals surface area contributed by atoms with E-state index in [9.17, 15) is 4.39 Å². The molecule has 0 radical (unpaired) electrons. The van der Waals surface area contributed by atoms with E-state index in [1.54, 1.807) is 13.0 Å². The second-order valence-electron chi connectivity index (χ2n) is 6.76. The van der Waals surface area contributed by atoms with E-state index < -0.39 is 0 Å². The second kappa shape index (κ2) is 8.35. The number of rotatable bonds is 6. The Hall–Kier alpha value is -3.00. The second-order valence-corrected chi connectivity index (χ2v) is 6.76. The lowest BCUT2D eigenvalue weighted by molar-refractivity contribution is 0.249. The highest BCUT2D eigenvalue weighted by Gasteiger charge is 2.18. The largest absolute Gasteiger partial charge is 0.485 e. The molecule has 4 rings (SSSR count). The van der Waals surface area contributed by atoms with Gasteiger partial charge in [-0.25, -0.2) is 9.37 Å². The van der Waals surface area contributed by atoms with Gasteiger partial charge in [-0.3, -0.25) is 4.90 Å². The smallest absolute Gasteiger partial charge is 0.223 e. The van der Waals surface area contributed by atoms with Gasteiger partial charge in [-0.2, -0.15) is 4.98 Å². The zero-order valence-corrected chi connectivity index (χ0v) is 15.7. The molecule has 0 aliphatic carbocycles. The van der Waals surface area contributed by atoms with Crippen LogP contribution in [0.15, 0.2) is 47.1 Å². The number of aromatic nitrogens is 3. The van der Waals surface area contributed by atoms with Crippen molar-refractivity contribution in [2.24, 2.45) is 0 Å². The Balaban J connectivity index is 1.25. The summed E-state index contributed by atoms with van der Waals surface area (Å²) in [4.78, 5) is 12.9. The van der Waals surface area contributed by atoms with E-state index in [1.165, 1.54) is 17.8 Å². The Kier molecular flexibility index (Phi) is 5.48. The fraction of sp³-hybridized carbons (Fsp3) is 0.350. The Morgan fingerprint density at radius 2 is 1.86 bits per heavy atom. The molecule has 0 spiro atoms. The zero-order chi connectivity index (χ0) is 19.3. The van der Waals surface area contributed by atoms with E-state index in [-0.39, 0.29) is 12.4 Å². The number of anilines is 1. The van der Waals surface area contributed by atoms with Crippen molar-refractivity contribution < 1.29 is 13.7 Å². The molecule has 1 saturated heterocycles. The molecular formula is C20H22FN5O2. The molecule has 1 aliphatic rings. The molecule has 1 fully saturated rings. The average Bonchev–Trinajstić information content (AvgIpc) is 3.14. The predicted molar refractivity (Wildman–Crippen MR) is 101 cm³/mol. The number of ether oxygens (including phenoxy) is 1. The molecule has 0 saturated carbocycles. The summed E-state index contributed by atoms with van der Waals surface area (Å²) in [6, 6.07) is 11.3. The molecular weight excluding hydrogens is 361 g/mol. The fourth-order valence-electron chi connectivity index (χ4n) is 3.19. The topological polar surface area (TPSA) is 67.5 Å². The third-order valence-corrected chi connectivity index (χ3v) is 4.68. The molecule has 3 heterocycles. The summed E-state index contributed by atoms with van der Waals surface area (Å²) in [6.45, 7) is 6.56. The number of aryl methyl sites for hydroxylation is 1. The van der Waals surface area contributed by atoms with Gasteiger partial charge in [0, 0.05) is 39.6 Å². The quantitative estimate of drug-likeness (QED) is 0.648. The van der Waals surface area contributed by atoms with Crippen LogP contribution in [-0.4, -0.2) is 46.2 Å². The zero-order valence-electron chi connectivity index (χ0n) is 15.7. The van der Waals surface area contributed by atoms with Crippen molar-refractivity contribution in [3.8, 4) is 5.75 Å². The monoisotopic (exact) mass is 383 g/mol. The summed E-state index contributed by atoms with van der Waals surface area (Å²) in [5.74, 6) is 2.37. The highest BCUT2D eigenvalue weighted by Crippen LogP contribution is 2.18. The summed E-state index contributed by atoms with van der Waals surface area (Å²) in [6.07, 6.45) is 1.27. The number of hydrogen-bond acceptors (Lipinski definition) is 7. The lowest BCUT2D eigenvalue weighted by Gasteiger charge is -2.35. The maximum absolute atomic E-state index is 13.0. The third-order valence-electron chi connectivity index (χ3n) is 4.68. The summed E-state index contributed by atoms with van der Waals surface area (Å²) in [7, 11) is 0. The molecule has 2 aromatic heterocycles. The minimum atomic E-state index is -0.304. The normalized spacial score (nSPS) is 15.0. The van der Waals surface area contributed by atoms with Gasteiger partial charge in [0.25, 0.3) is 0 Å². The first-order valence-corrected chi connectivity index (χ1v) is 9.25. The summed E-state index contributed by atoms with van der Waals surface area (Å²) < 4.78 is 23.6. The predicted octanol–water partition coefficient (Wildman–Crippen LogP) is 2.81. The first-order chi connectivity index (χ1) is 13.7. The van der Waals surface area contributed by atoms with Crippen LogP contribution in [0.1, 0.15) is 17.3 Å². The minimum absolute atomic E-state index is 0.288. The number of benzene rings is 1. The van der Waals surface area contributed by atoms with Gasteiger partial charge < -0.3 is 14.2 Å². The number of piperazine rings is 1. The summed E-state index contributed by atoms with van der Waals surface area (Å²) in [5.41, 5.74) is 1.23. The first kappa shape index (κ1) is 18.4. The maximum Gasteiger partial charge on any atom is 0.223 e. The molecule has 1 aliphatic heterocycles. The van der Waals surface area contributed by atoms with Gasteiger partial charge in [-0.05, 0) is 29.8 Å². The molecule has 8 heteroatoms. The molecule has 0 atom stereocenters. The number of pyridine rings is 1. The van der Waals surface area contributed by atoms with Gasteiger partial charge in [0.15, 0.2) is 6.61 Å². The van der Waals surface area contributed by atoms with Crippen LogP contribution in [0.25, 0.3) is 0 Å². The highest BCUT2D eigenvalue weighted by atomic mass is 19.1. The van der Waals surface area contributed by atoms with Crippen LogP contribution in [0.4, 0.5) is 10.2 Å². The van der Waals surface area contributed by atoms with Crippen LogP contribution >= 0.6 is 0 Å². The standard InChI is InChI=1S/C20H22FN5O2/c1-15-23-19(24-28-15)14-27-18-5-2-16(3-6-18)13-25-8-10-26(11-9-25)20-7-4-17(21)12-22-20/h2-7,12H,8-11,13-14H2,1H3. The molecule has 7 nitrogen and oxygen atoms in total. The Labute approximate surface area is 162 Å². The van der Waals surface area contributed by atoms with Crippen LogP contribution in [0.2, 0.25) is 0 Å². The van der Waals surface area contributed by atoms with Gasteiger partial charge in [-0.15, -0.1) is 0 Å². The van der Waals surface area contributed by atoms with Crippen molar-refractivity contribution in [2.45, 2.75) is 20.1 Å². The molecule has 3 aromatic rings. The molecule has 0 N–H and O–H groups in total. The number of hydrogen-bond donors (Lipinski definition) is 0. The molecule has 0 amide bonds. The van der Waals surface area contributed by atoms with Gasteiger partial charge in [-0.1, -0.05) is 17.3 Å². The first-order valence-electron chi connectivity index (χ1n) is 9.25. The van der Waals surface area contributed by atoms with Crippen LogP contribution in [0, 0.1) is 12.7 Å². The van der Waals surface area contributed by atoms with Crippen molar-refractivity contribution in [3.05, 3.63) is 65.7 Å². The van der Waals surface area contributed by atoms with Gasteiger partial charge >= 0.3 is 0 Å². The molecule has 28 heavy (non-hydrogen) atoms. The van der Waals surface area contributed by atoms with E-state index in [0.29, 0.717) is 11.7 Å². The van der Waals surface area contributed by atoms with Gasteiger partial charge in [0.05, 0.1) is 6.20 Å². The minimum Gasteiger partial charge on any atom is -0.485 e. The van der Waals surface area contributed by atoms with E-state index in [0.717, 1.165) is 44.3 Å². The van der Waals surface area contributed by atoms with Crippen molar-refractivity contribution >= 4 is 5.82 Å². The van der Waals surface area contributed by atoms with E-state index >= 15 is 0 Å². The average molecular weight is 383 g/mol. The molecule has 0 bridgehead atoms. The van der Waals surface area contributed by atoms with Crippen molar-refractivity contribution in [2.75, 3.05) is 31.1 Å². The molecule has 1 aromatic carbocycles. The Morgan fingerprint density at radius 1 is 1.07 bits per heavy atom. The van der Waals surface area contributed by atoms with Crippen LogP contribution in [0.5, 0.6) is 5.75 Å². The fourth-order valence-corrected chi connectivity index (χ4v) is 3.19. The van der Waals surface area contributed by atoms with Crippen LogP contribution in [-0.2, 0) is 13.2 Å². The Morgan fingerprint density at radius 3 is 2.50 bits per heavy atom. The van der Waals surface area contributed by atoms with E-state index in [2.05, 4.69) is 37.1 Å². The SMILES string of the molecule is Cc1nc(COc2ccc(CN3CCN(c4ccc(F)cn4)CC3)cc2)no1. The van der Waals surface area contributed by atoms with Crippen molar-refractivity contribution in [3.63, 3.8) is 0 Å². The lowest BCUT2D eigenvalue weighted by atomic mass is 10.2. The van der Waals surface area contributed by atoms with Crippen molar-refractivity contribution in [1.82, 2.24) is 20.0 Å². The van der Waals surface area contributed by atoms with Gasteiger partial charge in [0.1, 0.15) is 17.4 Å². The van der Waals surface area contributed by atoms with E-state index in [1.807, 2.05) is 12.1 Å². The highest BCUT2D eigenvalue weighted by molar-refractivity contribution is 5.38. The third kappa shape index (κ3) is 4.64.